The topological polar surface area (TPSA) is 115 Å². The minimum absolute atomic E-state index is 0.00804. The fraction of sp³-hybridized carbons (Fsp3) is 0.360. The summed E-state index contributed by atoms with van der Waals surface area (Å²) in [7, 11) is 0. The van der Waals surface area contributed by atoms with E-state index in [0.717, 1.165) is 23.1 Å². The number of nitrogens with zero attached hydrogens (tertiary/aromatic N) is 4. The molecule has 1 amide bonds. The van der Waals surface area contributed by atoms with Crippen molar-refractivity contribution in [1.82, 2.24) is 20.1 Å². The number of aromatic amines is 1. The van der Waals surface area contributed by atoms with Gasteiger partial charge in [-0.1, -0.05) is 18.2 Å². The van der Waals surface area contributed by atoms with Gasteiger partial charge in [0.2, 0.25) is 5.91 Å². The molecule has 33 heavy (non-hydrogen) atoms. The molecule has 1 saturated heterocycles. The van der Waals surface area contributed by atoms with Crippen LogP contribution in [-0.2, 0) is 11.2 Å². The highest BCUT2D eigenvalue weighted by Gasteiger charge is 2.46. The Bertz CT molecular complexity index is 1260. The van der Waals surface area contributed by atoms with Crippen LogP contribution >= 0.6 is 0 Å². The van der Waals surface area contributed by atoms with Crippen LogP contribution in [0, 0.1) is 17.2 Å². The molecule has 2 heterocycles. The average Bonchev–Trinajstić information content (AvgIpc) is 3.49. The average molecular weight is 444 g/mol. The normalized spacial score (nSPS) is 19.0. The maximum atomic E-state index is 12.4. The van der Waals surface area contributed by atoms with E-state index in [1.807, 2.05) is 32.0 Å². The lowest BCUT2D eigenvalue weighted by atomic mass is 10.0. The summed E-state index contributed by atoms with van der Waals surface area (Å²) < 4.78 is 5.71. The first kappa shape index (κ1) is 21.2. The van der Waals surface area contributed by atoms with Crippen LogP contribution in [0.3, 0.4) is 0 Å². The lowest BCUT2D eigenvalue weighted by molar-refractivity contribution is -0.129. The highest BCUT2D eigenvalue weighted by molar-refractivity contribution is 5.81. The lowest BCUT2D eigenvalue weighted by Crippen LogP contribution is -2.30. The van der Waals surface area contributed by atoms with Crippen LogP contribution < -0.4 is 4.74 Å². The number of nitrogens with one attached hydrogen (secondary N) is 1. The van der Waals surface area contributed by atoms with Gasteiger partial charge >= 0.3 is 0 Å². The summed E-state index contributed by atoms with van der Waals surface area (Å²) >= 11 is 0. The second kappa shape index (κ2) is 8.34. The number of rotatable bonds is 6. The SMILES string of the molecule is CC(C)Oc1ccc(-c2n[nH]c(-c3cccc4c3C[C@@H]3CC(=O)N(CCO)[C@H]43)n2)cc1C#N. The van der Waals surface area contributed by atoms with E-state index >= 15 is 0 Å². The largest absolute Gasteiger partial charge is 0.490 e. The van der Waals surface area contributed by atoms with Gasteiger partial charge in [-0.3, -0.25) is 9.89 Å². The van der Waals surface area contributed by atoms with Crippen molar-refractivity contribution in [2.24, 2.45) is 5.92 Å². The smallest absolute Gasteiger partial charge is 0.223 e. The summed E-state index contributed by atoms with van der Waals surface area (Å²) in [5, 5.41) is 26.4. The number of carbonyl (C=O) groups is 1. The maximum Gasteiger partial charge on any atom is 0.223 e. The first-order valence-corrected chi connectivity index (χ1v) is 11.2. The summed E-state index contributed by atoms with van der Waals surface area (Å²) in [4.78, 5) is 18.9. The molecule has 1 fully saturated rings. The molecule has 1 aliphatic heterocycles. The third kappa shape index (κ3) is 3.64. The minimum atomic E-state index is -0.0405. The minimum Gasteiger partial charge on any atom is -0.490 e. The number of aromatic nitrogens is 3. The molecule has 2 atom stereocenters. The van der Waals surface area contributed by atoms with Crippen LogP contribution in [0.15, 0.2) is 36.4 Å². The van der Waals surface area contributed by atoms with E-state index in [1.54, 1.807) is 17.0 Å². The lowest BCUT2D eigenvalue weighted by Gasteiger charge is -2.24. The van der Waals surface area contributed by atoms with Gasteiger partial charge in [0.05, 0.1) is 24.3 Å². The number of benzene rings is 2. The molecular formula is C25H25N5O3. The molecular weight excluding hydrogens is 418 g/mol. The van der Waals surface area contributed by atoms with Crippen molar-refractivity contribution >= 4 is 5.91 Å². The van der Waals surface area contributed by atoms with Crippen LogP contribution in [0.4, 0.5) is 0 Å². The fourth-order valence-corrected chi connectivity index (χ4v) is 5.06. The Balaban J connectivity index is 1.48. The number of H-pyrrole nitrogens is 1. The predicted octanol–water partition coefficient (Wildman–Crippen LogP) is 3.24. The van der Waals surface area contributed by atoms with E-state index in [2.05, 4.69) is 22.3 Å². The number of β-amino-alcohol motifs (C(OH)–C–C–N with tert-alkyl or cyclic N) is 1. The van der Waals surface area contributed by atoms with Crippen molar-refractivity contribution in [3.8, 4) is 34.6 Å². The van der Waals surface area contributed by atoms with E-state index in [-0.39, 0.29) is 30.6 Å². The molecule has 2 aliphatic rings. The van der Waals surface area contributed by atoms with Crippen molar-refractivity contribution < 1.29 is 14.6 Å². The first-order valence-electron chi connectivity index (χ1n) is 11.2. The third-order valence-electron chi connectivity index (χ3n) is 6.34. The number of amides is 1. The van der Waals surface area contributed by atoms with Crippen molar-refractivity contribution in [1.29, 1.82) is 5.26 Å². The number of hydrogen-bond acceptors (Lipinski definition) is 6. The van der Waals surface area contributed by atoms with Gasteiger partial charge < -0.3 is 14.7 Å². The number of likely N-dealkylation sites (tertiary alicyclic amines) is 1. The van der Waals surface area contributed by atoms with Crippen molar-refractivity contribution in [2.45, 2.75) is 38.8 Å². The summed E-state index contributed by atoms with van der Waals surface area (Å²) in [6, 6.07) is 13.6. The molecule has 5 rings (SSSR count). The molecule has 0 bridgehead atoms. The van der Waals surface area contributed by atoms with Gasteiger partial charge in [0.1, 0.15) is 11.8 Å². The van der Waals surface area contributed by atoms with E-state index in [0.29, 0.717) is 35.9 Å². The zero-order valence-corrected chi connectivity index (χ0v) is 18.6. The second-order valence-corrected chi connectivity index (χ2v) is 8.79. The standard InChI is InChI=1S/C25H25N5O3/c1-14(2)33-21-7-6-15(10-17(21)13-26)24-27-25(29-28-24)19-5-3-4-18-20(19)11-16-12-22(32)30(8-9-31)23(16)18/h3-7,10,14,16,23,31H,8-9,11-12H2,1-2H3,(H,27,28,29)/t16-,23+/m1/s1. The summed E-state index contributed by atoms with van der Waals surface area (Å²) in [6.45, 7) is 4.15. The molecule has 0 saturated carbocycles. The molecule has 0 radical (unpaired) electrons. The highest BCUT2D eigenvalue weighted by atomic mass is 16.5. The van der Waals surface area contributed by atoms with Crippen molar-refractivity contribution in [3.63, 3.8) is 0 Å². The quantitative estimate of drug-likeness (QED) is 0.604. The van der Waals surface area contributed by atoms with Crippen LogP contribution in [0.25, 0.3) is 22.8 Å². The van der Waals surface area contributed by atoms with E-state index in [4.69, 9.17) is 9.72 Å². The highest BCUT2D eigenvalue weighted by Crippen LogP contribution is 2.49. The zero-order chi connectivity index (χ0) is 23.1. The zero-order valence-electron chi connectivity index (χ0n) is 18.6. The van der Waals surface area contributed by atoms with Gasteiger partial charge in [-0.15, -0.1) is 0 Å². The second-order valence-electron chi connectivity index (χ2n) is 8.79. The first-order chi connectivity index (χ1) is 16.0. The number of fused-ring (bicyclic) bond motifs is 3. The molecule has 8 heteroatoms. The number of carbonyl (C=O) groups excluding carboxylic acids is 1. The molecule has 1 aliphatic carbocycles. The summed E-state index contributed by atoms with van der Waals surface area (Å²) in [6.07, 6.45) is 1.27. The van der Waals surface area contributed by atoms with Gasteiger partial charge in [-0.2, -0.15) is 10.4 Å². The van der Waals surface area contributed by atoms with Gasteiger partial charge in [-0.05, 0) is 55.5 Å². The number of aliphatic hydroxyl groups excluding tert-OH is 1. The van der Waals surface area contributed by atoms with Crippen LogP contribution in [0.5, 0.6) is 5.75 Å². The summed E-state index contributed by atoms with van der Waals surface area (Å²) in [5.41, 5.74) is 4.43. The van der Waals surface area contributed by atoms with Crippen molar-refractivity contribution in [2.75, 3.05) is 13.2 Å². The molecule has 168 valence electrons. The Morgan fingerprint density at radius 3 is 2.91 bits per heavy atom. The maximum absolute atomic E-state index is 12.4. The Morgan fingerprint density at radius 1 is 1.30 bits per heavy atom. The fourth-order valence-electron chi connectivity index (χ4n) is 5.06. The molecule has 3 aromatic rings. The summed E-state index contributed by atoms with van der Waals surface area (Å²) in [5.74, 6) is 2.03. The Labute approximate surface area is 191 Å². The van der Waals surface area contributed by atoms with Crippen LogP contribution in [-0.4, -0.2) is 50.4 Å². The van der Waals surface area contributed by atoms with Gasteiger partial charge in [0, 0.05) is 24.1 Å². The molecule has 2 N–H and O–H groups in total. The molecule has 1 aromatic heterocycles. The number of hydrogen-bond donors (Lipinski definition) is 2. The van der Waals surface area contributed by atoms with Crippen molar-refractivity contribution in [3.05, 3.63) is 53.1 Å². The monoisotopic (exact) mass is 443 g/mol. The number of nitriles is 1. The Hall–Kier alpha value is -3.70. The molecule has 0 unspecified atom stereocenters. The molecule has 8 nitrogen and oxygen atoms in total. The molecule has 0 spiro atoms. The molecule has 2 aromatic carbocycles. The van der Waals surface area contributed by atoms with Crippen LogP contribution in [0.2, 0.25) is 0 Å². The van der Waals surface area contributed by atoms with E-state index in [9.17, 15) is 15.2 Å². The number of aliphatic hydroxyl groups is 1. The van der Waals surface area contributed by atoms with E-state index in [1.165, 1.54) is 5.56 Å². The van der Waals surface area contributed by atoms with Crippen LogP contribution in [0.1, 0.15) is 43.0 Å². The Kier molecular flexibility index (Phi) is 5.35. The third-order valence-corrected chi connectivity index (χ3v) is 6.34. The van der Waals surface area contributed by atoms with Gasteiger partial charge in [0.15, 0.2) is 11.6 Å². The van der Waals surface area contributed by atoms with Gasteiger partial charge in [-0.25, -0.2) is 4.98 Å². The Morgan fingerprint density at radius 2 is 2.15 bits per heavy atom. The van der Waals surface area contributed by atoms with E-state index < -0.39 is 0 Å². The number of ether oxygens (including phenoxy) is 1. The predicted molar refractivity (Wildman–Crippen MR) is 121 cm³/mol. The van der Waals surface area contributed by atoms with Gasteiger partial charge in [0.25, 0.3) is 0 Å².